The lowest BCUT2D eigenvalue weighted by Gasteiger charge is -2.36. The van der Waals surface area contributed by atoms with Gasteiger partial charge in [0.15, 0.2) is 0 Å². The summed E-state index contributed by atoms with van der Waals surface area (Å²) in [5, 5.41) is 0. The predicted octanol–water partition coefficient (Wildman–Crippen LogP) is 1.63. The van der Waals surface area contributed by atoms with Crippen LogP contribution in [0, 0.1) is 5.92 Å². The van der Waals surface area contributed by atoms with Crippen LogP contribution in [0.15, 0.2) is 29.5 Å². The second-order valence-corrected chi connectivity index (χ2v) is 6.89. The van der Waals surface area contributed by atoms with E-state index in [9.17, 15) is 4.79 Å². The molecule has 0 spiro atoms. The zero-order valence-corrected chi connectivity index (χ0v) is 14.1. The lowest BCUT2D eigenvalue weighted by molar-refractivity contribution is -0.0463. The molecule has 4 heterocycles. The van der Waals surface area contributed by atoms with Crippen molar-refractivity contribution in [3.8, 4) is 0 Å². The van der Waals surface area contributed by atoms with E-state index in [0.29, 0.717) is 5.92 Å². The van der Waals surface area contributed by atoms with Gasteiger partial charge in [0.05, 0.1) is 0 Å². The van der Waals surface area contributed by atoms with Crippen LogP contribution in [0.5, 0.6) is 0 Å². The molecule has 2 aromatic heterocycles. The summed E-state index contributed by atoms with van der Waals surface area (Å²) >= 11 is 0. The molecule has 6 heteroatoms. The molecule has 24 heavy (non-hydrogen) atoms. The van der Waals surface area contributed by atoms with E-state index in [-0.39, 0.29) is 11.7 Å². The van der Waals surface area contributed by atoms with Crippen molar-refractivity contribution in [3.05, 3.63) is 52.0 Å². The second kappa shape index (κ2) is 6.53. The molecule has 0 bridgehead atoms. The molecule has 2 atom stereocenters. The Bertz CT molecular complexity index is 766. The summed E-state index contributed by atoms with van der Waals surface area (Å²) in [7, 11) is 2.02. The zero-order valence-electron chi connectivity index (χ0n) is 14.1. The molecule has 2 aromatic rings. The highest BCUT2D eigenvalue weighted by atomic mass is 16.5. The summed E-state index contributed by atoms with van der Waals surface area (Å²) in [5.41, 5.74) is 2.17. The Morgan fingerprint density at radius 3 is 3.21 bits per heavy atom. The van der Waals surface area contributed by atoms with Gasteiger partial charge >= 0.3 is 0 Å². The van der Waals surface area contributed by atoms with Crippen LogP contribution in [-0.2, 0) is 24.8 Å². The average Bonchev–Trinajstić information content (AvgIpc) is 3.02. The number of hydrogen-bond acceptors (Lipinski definition) is 4. The molecule has 4 rings (SSSR count). The van der Waals surface area contributed by atoms with Crippen molar-refractivity contribution in [1.82, 2.24) is 19.4 Å². The molecule has 2 aliphatic rings. The number of nitrogens with one attached hydrogen (secondary N) is 1. The van der Waals surface area contributed by atoms with Crippen LogP contribution in [0.3, 0.4) is 0 Å². The Morgan fingerprint density at radius 2 is 2.38 bits per heavy atom. The van der Waals surface area contributed by atoms with Crippen molar-refractivity contribution in [2.24, 2.45) is 13.0 Å². The van der Waals surface area contributed by atoms with E-state index in [1.165, 1.54) is 5.56 Å². The molecule has 0 radical (unpaired) electrons. The lowest BCUT2D eigenvalue weighted by atomic mass is 9.91. The van der Waals surface area contributed by atoms with Gasteiger partial charge in [0, 0.05) is 63.4 Å². The van der Waals surface area contributed by atoms with Gasteiger partial charge in [-0.25, -0.2) is 4.98 Å². The Morgan fingerprint density at radius 1 is 1.46 bits per heavy atom. The lowest BCUT2D eigenvalue weighted by Crippen LogP contribution is -2.40. The highest BCUT2D eigenvalue weighted by Gasteiger charge is 2.32. The summed E-state index contributed by atoms with van der Waals surface area (Å²) in [6, 6.07) is 2.04. The maximum absolute atomic E-state index is 12.1. The highest BCUT2D eigenvalue weighted by Crippen LogP contribution is 2.34. The molecular weight excluding hydrogens is 304 g/mol. The van der Waals surface area contributed by atoms with Crippen LogP contribution in [0.1, 0.15) is 35.9 Å². The number of aromatic amines is 1. The largest absolute Gasteiger partial charge is 0.370 e. The number of ether oxygens (including phenoxy) is 1. The van der Waals surface area contributed by atoms with E-state index in [1.807, 2.05) is 25.5 Å². The van der Waals surface area contributed by atoms with Gasteiger partial charge in [0.2, 0.25) is 0 Å². The first kappa shape index (κ1) is 15.6. The van der Waals surface area contributed by atoms with Crippen LogP contribution in [-0.4, -0.2) is 39.1 Å². The minimum atomic E-state index is 0.0502. The summed E-state index contributed by atoms with van der Waals surface area (Å²) in [6.07, 6.45) is 8.79. The number of pyridine rings is 1. The molecule has 6 nitrogen and oxygen atoms in total. The van der Waals surface area contributed by atoms with E-state index in [2.05, 4.69) is 19.4 Å². The number of imidazole rings is 1. The molecule has 128 valence electrons. The smallest absolute Gasteiger partial charge is 0.252 e. The van der Waals surface area contributed by atoms with Crippen LogP contribution in [0.25, 0.3) is 0 Å². The van der Waals surface area contributed by atoms with Gasteiger partial charge in [-0.1, -0.05) is 0 Å². The standard InChI is InChI=1S/C18H24N4O2/c1-21-9-7-19-17(21)16-14(3-2-10-24-16)11-22-8-5-13-4-6-20-18(23)15(13)12-22/h4,6-7,9,14,16H,2-3,5,8,10-12H2,1H3,(H,20,23)/t14-,16+/m0/s1. The fraction of sp³-hybridized carbons (Fsp3) is 0.556. The number of aromatic nitrogens is 3. The van der Waals surface area contributed by atoms with Gasteiger partial charge in [0.25, 0.3) is 5.56 Å². The molecule has 1 fully saturated rings. The molecule has 1 saturated heterocycles. The number of H-pyrrole nitrogens is 1. The first-order valence-electron chi connectivity index (χ1n) is 8.73. The topological polar surface area (TPSA) is 63.1 Å². The van der Waals surface area contributed by atoms with Crippen molar-refractivity contribution in [1.29, 1.82) is 0 Å². The summed E-state index contributed by atoms with van der Waals surface area (Å²) in [6.45, 7) is 3.48. The maximum atomic E-state index is 12.1. The second-order valence-electron chi connectivity index (χ2n) is 6.89. The first-order valence-corrected chi connectivity index (χ1v) is 8.73. The van der Waals surface area contributed by atoms with E-state index in [4.69, 9.17) is 4.74 Å². The van der Waals surface area contributed by atoms with Crippen LogP contribution in [0.4, 0.5) is 0 Å². The van der Waals surface area contributed by atoms with E-state index >= 15 is 0 Å². The Hall–Kier alpha value is -1.92. The van der Waals surface area contributed by atoms with Crippen molar-refractivity contribution in [2.75, 3.05) is 19.7 Å². The molecule has 0 aromatic carbocycles. The molecule has 0 saturated carbocycles. The SMILES string of the molecule is Cn1ccnc1[C@@H]1OCCC[C@H]1CN1CCc2cc[nH]c(=O)c2C1. The minimum Gasteiger partial charge on any atom is -0.370 e. The monoisotopic (exact) mass is 328 g/mol. The van der Waals surface area contributed by atoms with Crippen LogP contribution in [0.2, 0.25) is 0 Å². The first-order chi connectivity index (χ1) is 11.7. The molecule has 0 aliphatic carbocycles. The Labute approximate surface area is 141 Å². The normalized spacial score (nSPS) is 24.7. The predicted molar refractivity (Wildman–Crippen MR) is 90.7 cm³/mol. The van der Waals surface area contributed by atoms with E-state index in [1.54, 1.807) is 6.20 Å². The third kappa shape index (κ3) is 2.91. The number of hydrogen-bond donors (Lipinski definition) is 1. The van der Waals surface area contributed by atoms with Gasteiger partial charge in [-0.2, -0.15) is 0 Å². The molecule has 0 unspecified atom stereocenters. The average molecular weight is 328 g/mol. The van der Waals surface area contributed by atoms with Crippen molar-refractivity contribution >= 4 is 0 Å². The third-order valence-corrected chi connectivity index (χ3v) is 5.29. The number of rotatable bonds is 3. The van der Waals surface area contributed by atoms with E-state index < -0.39 is 0 Å². The van der Waals surface area contributed by atoms with Gasteiger partial charge in [-0.15, -0.1) is 0 Å². The third-order valence-electron chi connectivity index (χ3n) is 5.29. The number of nitrogens with zero attached hydrogens (tertiary/aromatic N) is 3. The number of aryl methyl sites for hydroxylation is 1. The molecule has 2 aliphatic heterocycles. The highest BCUT2D eigenvalue weighted by molar-refractivity contribution is 5.25. The van der Waals surface area contributed by atoms with Crippen molar-refractivity contribution < 1.29 is 4.74 Å². The summed E-state index contributed by atoms with van der Waals surface area (Å²) in [5.74, 6) is 1.43. The van der Waals surface area contributed by atoms with Crippen molar-refractivity contribution in [2.45, 2.75) is 31.9 Å². The zero-order chi connectivity index (χ0) is 16.5. The molecule has 1 N–H and O–H groups in total. The van der Waals surface area contributed by atoms with Gasteiger partial charge < -0.3 is 14.3 Å². The van der Waals surface area contributed by atoms with E-state index in [0.717, 1.165) is 56.9 Å². The fourth-order valence-corrected chi connectivity index (χ4v) is 3.99. The van der Waals surface area contributed by atoms with Gasteiger partial charge in [0.1, 0.15) is 11.9 Å². The molecule has 0 amide bonds. The fourth-order valence-electron chi connectivity index (χ4n) is 3.99. The Kier molecular flexibility index (Phi) is 4.24. The number of fused-ring (bicyclic) bond motifs is 1. The summed E-state index contributed by atoms with van der Waals surface area (Å²) in [4.78, 5) is 21.8. The minimum absolute atomic E-state index is 0.0502. The van der Waals surface area contributed by atoms with Crippen molar-refractivity contribution in [3.63, 3.8) is 0 Å². The van der Waals surface area contributed by atoms with Gasteiger partial charge in [-0.3, -0.25) is 9.69 Å². The van der Waals surface area contributed by atoms with Crippen LogP contribution >= 0.6 is 0 Å². The van der Waals surface area contributed by atoms with Gasteiger partial charge in [-0.05, 0) is 30.9 Å². The molecular formula is C18H24N4O2. The summed E-state index contributed by atoms with van der Waals surface area (Å²) < 4.78 is 8.13. The maximum Gasteiger partial charge on any atom is 0.252 e. The Balaban J connectivity index is 1.51. The van der Waals surface area contributed by atoms with Crippen LogP contribution < -0.4 is 5.56 Å². The quantitative estimate of drug-likeness (QED) is 0.930.